The van der Waals surface area contributed by atoms with E-state index in [2.05, 4.69) is 20.8 Å². The van der Waals surface area contributed by atoms with Gasteiger partial charge in [0.15, 0.2) is 6.10 Å². The fraction of sp³-hybridized carbons (Fsp3) is 0.952. The zero-order valence-corrected chi connectivity index (χ0v) is 46.4. The molecule has 0 aliphatic carbocycles. The van der Waals surface area contributed by atoms with Gasteiger partial charge in [0, 0.05) is 19.3 Å². The third kappa shape index (κ3) is 55.3. The number of unbranched alkanes of at least 4 members (excludes halogenated alkanes) is 47. The van der Waals surface area contributed by atoms with Crippen molar-refractivity contribution in [3.63, 3.8) is 0 Å². The van der Waals surface area contributed by atoms with Crippen molar-refractivity contribution in [3.8, 4) is 0 Å². The van der Waals surface area contributed by atoms with Gasteiger partial charge in [0.05, 0.1) is 0 Å². The lowest BCUT2D eigenvalue weighted by Gasteiger charge is -2.18. The van der Waals surface area contributed by atoms with Crippen molar-refractivity contribution >= 4 is 17.9 Å². The van der Waals surface area contributed by atoms with Crippen LogP contribution in [-0.4, -0.2) is 37.2 Å². The highest BCUT2D eigenvalue weighted by Crippen LogP contribution is 2.18. The lowest BCUT2D eigenvalue weighted by Crippen LogP contribution is -2.30. The number of ether oxygens (including phenoxy) is 3. The van der Waals surface area contributed by atoms with Crippen molar-refractivity contribution in [2.24, 2.45) is 0 Å². The minimum absolute atomic E-state index is 0.0611. The third-order valence-electron chi connectivity index (χ3n) is 14.4. The standard InChI is InChI=1S/C62H120O6/c1-4-7-10-13-16-19-21-23-25-27-29-30-31-32-33-35-36-38-40-43-46-49-52-55-61(64)67-58-59(57-66-60(63)54-51-48-45-42-18-15-12-9-6-3)68-62(65)56-53-50-47-44-41-39-37-34-28-26-24-22-20-17-14-11-8-5-2/h59H,4-58H2,1-3H3. The van der Waals surface area contributed by atoms with E-state index >= 15 is 0 Å². The number of hydrogen-bond acceptors (Lipinski definition) is 6. The maximum atomic E-state index is 12.9. The summed E-state index contributed by atoms with van der Waals surface area (Å²) in [6.45, 7) is 6.70. The van der Waals surface area contributed by atoms with Crippen LogP contribution in [0.15, 0.2) is 0 Å². The van der Waals surface area contributed by atoms with E-state index in [4.69, 9.17) is 14.2 Å². The van der Waals surface area contributed by atoms with E-state index in [1.54, 1.807) is 0 Å². The summed E-state index contributed by atoms with van der Waals surface area (Å²) < 4.78 is 16.9. The average molecular weight is 962 g/mol. The van der Waals surface area contributed by atoms with Gasteiger partial charge in [-0.2, -0.15) is 0 Å². The monoisotopic (exact) mass is 961 g/mol. The van der Waals surface area contributed by atoms with Crippen LogP contribution in [-0.2, 0) is 28.6 Å². The zero-order valence-electron chi connectivity index (χ0n) is 46.4. The molecular formula is C62H120O6. The maximum absolute atomic E-state index is 12.9. The second kappa shape index (κ2) is 58.0. The molecule has 0 heterocycles. The second-order valence-corrected chi connectivity index (χ2v) is 21.3. The van der Waals surface area contributed by atoms with Gasteiger partial charge in [-0.05, 0) is 19.3 Å². The number of carbonyl (C=O) groups excluding carboxylic acids is 3. The molecule has 0 rings (SSSR count). The van der Waals surface area contributed by atoms with E-state index in [-0.39, 0.29) is 31.1 Å². The Morgan fingerprint density at radius 3 is 0.588 bits per heavy atom. The number of rotatable bonds is 58. The Morgan fingerprint density at radius 1 is 0.235 bits per heavy atom. The first-order valence-electron chi connectivity index (χ1n) is 31.0. The fourth-order valence-corrected chi connectivity index (χ4v) is 9.68. The number of carbonyl (C=O) groups is 3. The molecule has 1 atom stereocenters. The van der Waals surface area contributed by atoms with Crippen LogP contribution in [0.2, 0.25) is 0 Å². The molecular weight excluding hydrogens is 841 g/mol. The molecule has 0 aliphatic rings. The third-order valence-corrected chi connectivity index (χ3v) is 14.4. The van der Waals surface area contributed by atoms with E-state index in [1.165, 1.54) is 263 Å². The number of hydrogen-bond donors (Lipinski definition) is 0. The highest BCUT2D eigenvalue weighted by molar-refractivity contribution is 5.71. The van der Waals surface area contributed by atoms with Crippen LogP contribution in [0, 0.1) is 0 Å². The van der Waals surface area contributed by atoms with Crippen LogP contribution in [0.3, 0.4) is 0 Å². The van der Waals surface area contributed by atoms with Gasteiger partial charge < -0.3 is 14.2 Å². The Hall–Kier alpha value is -1.59. The molecule has 68 heavy (non-hydrogen) atoms. The molecule has 0 saturated carbocycles. The predicted octanol–water partition coefficient (Wildman–Crippen LogP) is 20.7. The molecule has 0 N–H and O–H groups in total. The minimum Gasteiger partial charge on any atom is -0.462 e. The lowest BCUT2D eigenvalue weighted by molar-refractivity contribution is -0.167. The summed E-state index contributed by atoms with van der Waals surface area (Å²) in [5.74, 6) is -0.833. The second-order valence-electron chi connectivity index (χ2n) is 21.3. The smallest absolute Gasteiger partial charge is 0.306 e. The first kappa shape index (κ1) is 66.4. The molecule has 6 heteroatoms. The molecule has 0 radical (unpaired) electrons. The van der Waals surface area contributed by atoms with Crippen molar-refractivity contribution < 1.29 is 28.6 Å². The summed E-state index contributed by atoms with van der Waals surface area (Å²) in [4.78, 5) is 38.1. The van der Waals surface area contributed by atoms with Gasteiger partial charge in [-0.3, -0.25) is 14.4 Å². The van der Waals surface area contributed by atoms with Crippen LogP contribution < -0.4 is 0 Å². The largest absolute Gasteiger partial charge is 0.462 e. The van der Waals surface area contributed by atoms with E-state index in [0.29, 0.717) is 19.3 Å². The van der Waals surface area contributed by atoms with Gasteiger partial charge in [-0.25, -0.2) is 0 Å². The molecule has 0 aromatic carbocycles. The van der Waals surface area contributed by atoms with E-state index in [9.17, 15) is 14.4 Å². The molecule has 0 amide bonds. The summed E-state index contributed by atoms with van der Waals surface area (Å²) in [6.07, 6.45) is 65.5. The van der Waals surface area contributed by atoms with Crippen molar-refractivity contribution in [1.29, 1.82) is 0 Å². The summed E-state index contributed by atoms with van der Waals surface area (Å²) in [5, 5.41) is 0. The van der Waals surface area contributed by atoms with Crippen molar-refractivity contribution in [2.45, 2.75) is 367 Å². The van der Waals surface area contributed by atoms with Crippen LogP contribution >= 0.6 is 0 Å². The van der Waals surface area contributed by atoms with E-state index < -0.39 is 6.10 Å². The van der Waals surface area contributed by atoms with Gasteiger partial charge in [-0.15, -0.1) is 0 Å². The van der Waals surface area contributed by atoms with Gasteiger partial charge in [0.25, 0.3) is 0 Å². The van der Waals surface area contributed by atoms with Gasteiger partial charge in [0.2, 0.25) is 0 Å². The van der Waals surface area contributed by atoms with Gasteiger partial charge in [-0.1, -0.05) is 323 Å². The van der Waals surface area contributed by atoms with E-state index in [0.717, 1.165) is 57.8 Å². The minimum atomic E-state index is -0.761. The highest BCUT2D eigenvalue weighted by atomic mass is 16.6. The Morgan fingerprint density at radius 2 is 0.397 bits per heavy atom. The topological polar surface area (TPSA) is 78.9 Å². The molecule has 1 unspecified atom stereocenters. The molecule has 0 aliphatic heterocycles. The Labute approximate surface area is 425 Å². The molecule has 0 aromatic heterocycles. The first-order valence-corrected chi connectivity index (χ1v) is 31.0. The lowest BCUT2D eigenvalue weighted by atomic mass is 10.0. The molecule has 0 bridgehead atoms. The van der Waals surface area contributed by atoms with Crippen molar-refractivity contribution in [2.75, 3.05) is 13.2 Å². The average Bonchev–Trinajstić information content (AvgIpc) is 3.34. The number of esters is 3. The van der Waals surface area contributed by atoms with Crippen LogP contribution in [0.5, 0.6) is 0 Å². The van der Waals surface area contributed by atoms with Gasteiger partial charge >= 0.3 is 17.9 Å². The maximum Gasteiger partial charge on any atom is 0.306 e. The Balaban J connectivity index is 4.14. The SMILES string of the molecule is CCCCCCCCCCCCCCCCCCCCCCCCCC(=O)OCC(COC(=O)CCCCCCCCCCC)OC(=O)CCCCCCCCCCCCCCCCCCCC. The summed E-state index contributed by atoms with van der Waals surface area (Å²) in [7, 11) is 0. The van der Waals surface area contributed by atoms with Crippen LogP contribution in [0.4, 0.5) is 0 Å². The Bertz CT molecular complexity index is 1010. The molecule has 0 spiro atoms. The van der Waals surface area contributed by atoms with E-state index in [1.807, 2.05) is 0 Å². The van der Waals surface area contributed by atoms with Crippen molar-refractivity contribution in [1.82, 2.24) is 0 Å². The first-order chi connectivity index (χ1) is 33.5. The van der Waals surface area contributed by atoms with Crippen molar-refractivity contribution in [3.05, 3.63) is 0 Å². The highest BCUT2D eigenvalue weighted by Gasteiger charge is 2.19. The Kier molecular flexibility index (Phi) is 56.6. The van der Waals surface area contributed by atoms with Gasteiger partial charge in [0.1, 0.15) is 13.2 Å². The molecule has 0 fully saturated rings. The molecule has 0 saturated heterocycles. The summed E-state index contributed by atoms with van der Waals surface area (Å²) >= 11 is 0. The van der Waals surface area contributed by atoms with Crippen LogP contribution in [0.25, 0.3) is 0 Å². The summed E-state index contributed by atoms with van der Waals surface area (Å²) in [5.41, 5.74) is 0. The van der Waals surface area contributed by atoms with Crippen LogP contribution in [0.1, 0.15) is 361 Å². The summed E-state index contributed by atoms with van der Waals surface area (Å²) in [6, 6.07) is 0. The molecule has 6 nitrogen and oxygen atoms in total. The normalized spacial score (nSPS) is 11.9. The quantitative estimate of drug-likeness (QED) is 0.0343. The fourth-order valence-electron chi connectivity index (χ4n) is 9.68. The molecule has 404 valence electrons. The zero-order chi connectivity index (χ0) is 49.3. The predicted molar refractivity (Wildman–Crippen MR) is 294 cm³/mol. The molecule has 0 aromatic rings.